The molecule has 0 aromatic carbocycles. The van der Waals surface area contributed by atoms with Gasteiger partial charge in [-0.1, -0.05) is 17.7 Å². The molecule has 0 aliphatic heterocycles. The molecule has 3 heterocycles. The number of fused-ring (bicyclic) bond motifs is 1. The van der Waals surface area contributed by atoms with Crippen molar-refractivity contribution in [1.82, 2.24) is 9.97 Å². The van der Waals surface area contributed by atoms with E-state index < -0.39 is 12.5 Å². The summed E-state index contributed by atoms with van der Waals surface area (Å²) >= 11 is 13.7. The second-order valence-electron chi connectivity index (χ2n) is 4.99. The first kappa shape index (κ1) is 17.3. The number of furan rings is 1. The van der Waals surface area contributed by atoms with E-state index in [1.807, 2.05) is 17.5 Å². The van der Waals surface area contributed by atoms with Crippen molar-refractivity contribution < 1.29 is 13.2 Å². The van der Waals surface area contributed by atoms with E-state index in [4.69, 9.17) is 33.4 Å². The van der Waals surface area contributed by atoms with Crippen LogP contribution in [0.4, 0.5) is 14.6 Å². The first-order chi connectivity index (χ1) is 11.5. The number of aromatic nitrogens is 2. The van der Waals surface area contributed by atoms with E-state index in [9.17, 15) is 8.78 Å². The van der Waals surface area contributed by atoms with Crippen LogP contribution in [0, 0.1) is 0 Å². The van der Waals surface area contributed by atoms with Gasteiger partial charge < -0.3 is 15.5 Å². The topological polar surface area (TPSA) is 77.0 Å². The van der Waals surface area contributed by atoms with Gasteiger partial charge in [-0.25, -0.2) is 13.8 Å². The lowest BCUT2D eigenvalue weighted by Crippen LogP contribution is -2.30. The van der Waals surface area contributed by atoms with Crippen molar-refractivity contribution >= 4 is 51.5 Å². The van der Waals surface area contributed by atoms with Crippen LogP contribution in [-0.4, -0.2) is 22.4 Å². The van der Waals surface area contributed by atoms with E-state index in [-0.39, 0.29) is 33.6 Å². The van der Waals surface area contributed by atoms with Crippen LogP contribution in [0.1, 0.15) is 10.6 Å². The van der Waals surface area contributed by atoms with E-state index in [1.165, 1.54) is 0 Å². The lowest BCUT2D eigenvalue weighted by Gasteiger charge is -2.07. The molecule has 0 unspecified atom stereocenters. The Bertz CT molecular complexity index is 841. The van der Waals surface area contributed by atoms with E-state index in [2.05, 4.69) is 15.3 Å². The molecule has 3 aromatic heterocycles. The summed E-state index contributed by atoms with van der Waals surface area (Å²) in [6.45, 7) is 0.504. The molecule has 0 fully saturated rings. The Morgan fingerprint density at radius 1 is 1.33 bits per heavy atom. The van der Waals surface area contributed by atoms with Crippen molar-refractivity contribution in [2.24, 2.45) is 5.73 Å². The zero-order valence-electron chi connectivity index (χ0n) is 12.1. The van der Waals surface area contributed by atoms with Crippen molar-refractivity contribution in [2.75, 3.05) is 5.32 Å². The predicted molar refractivity (Wildman–Crippen MR) is 91.2 cm³/mol. The Kier molecular flexibility index (Phi) is 5.19. The number of alkyl halides is 2. The number of hydrogen-bond acceptors (Lipinski definition) is 6. The number of nitrogens with one attached hydrogen (secondary N) is 1. The summed E-state index contributed by atoms with van der Waals surface area (Å²) in [7, 11) is 0. The van der Waals surface area contributed by atoms with Gasteiger partial charge in [0.15, 0.2) is 11.4 Å². The Labute approximate surface area is 149 Å². The summed E-state index contributed by atoms with van der Waals surface area (Å²) < 4.78 is 30.9. The molecule has 3 aromatic rings. The maximum atomic E-state index is 12.7. The molecule has 0 aliphatic carbocycles. The highest BCUT2D eigenvalue weighted by molar-refractivity contribution is 7.09. The average Bonchev–Trinajstić information content (AvgIpc) is 3.15. The predicted octanol–water partition coefficient (Wildman–Crippen LogP) is 4.34. The number of anilines is 1. The molecule has 3 N–H and O–H groups in total. The summed E-state index contributed by atoms with van der Waals surface area (Å²) in [5.41, 5.74) is 5.91. The lowest BCUT2D eigenvalue weighted by molar-refractivity contribution is 0.113. The highest BCUT2D eigenvalue weighted by Crippen LogP contribution is 2.34. The maximum absolute atomic E-state index is 12.7. The van der Waals surface area contributed by atoms with Gasteiger partial charge in [0.05, 0.1) is 12.6 Å². The molecule has 5 nitrogen and oxygen atoms in total. The molecule has 128 valence electrons. The molecule has 0 saturated heterocycles. The molecule has 10 heteroatoms. The number of nitrogens with zero attached hydrogens (tertiary/aromatic N) is 2. The average molecular weight is 393 g/mol. The zero-order valence-corrected chi connectivity index (χ0v) is 14.4. The second-order valence-corrected chi connectivity index (χ2v) is 6.74. The van der Waals surface area contributed by atoms with Crippen molar-refractivity contribution in [3.63, 3.8) is 0 Å². The van der Waals surface area contributed by atoms with Gasteiger partial charge in [0.2, 0.25) is 5.28 Å². The van der Waals surface area contributed by atoms with E-state index in [1.54, 1.807) is 11.3 Å². The lowest BCUT2D eigenvalue weighted by atomic mass is 10.2. The van der Waals surface area contributed by atoms with Gasteiger partial charge in [-0.3, -0.25) is 0 Å². The quantitative estimate of drug-likeness (QED) is 0.610. The zero-order chi connectivity index (χ0) is 17.3. The summed E-state index contributed by atoms with van der Waals surface area (Å²) in [4.78, 5) is 9.18. The number of nitrogens with two attached hydrogens (primary N) is 1. The van der Waals surface area contributed by atoms with Crippen molar-refractivity contribution in [3.8, 4) is 0 Å². The minimum absolute atomic E-state index is 0.0245. The van der Waals surface area contributed by atoms with Crippen LogP contribution >= 0.6 is 34.5 Å². The third-order valence-electron chi connectivity index (χ3n) is 3.27. The monoisotopic (exact) mass is 392 g/mol. The first-order valence-electron chi connectivity index (χ1n) is 6.90. The Morgan fingerprint density at radius 3 is 2.79 bits per heavy atom. The van der Waals surface area contributed by atoms with Crippen LogP contribution in [0.2, 0.25) is 10.3 Å². The van der Waals surface area contributed by atoms with Gasteiger partial charge in [-0.15, -0.1) is 11.3 Å². The number of rotatable bonds is 6. The summed E-state index contributed by atoms with van der Waals surface area (Å²) in [6.07, 6.45) is -2.89. The van der Waals surface area contributed by atoms with Crippen molar-refractivity contribution in [3.05, 3.63) is 38.5 Å². The number of halogens is 4. The molecular formula is C14H12Cl2F2N4OS. The fourth-order valence-electron chi connectivity index (χ4n) is 2.11. The van der Waals surface area contributed by atoms with Gasteiger partial charge in [-0.05, 0) is 23.0 Å². The van der Waals surface area contributed by atoms with E-state index >= 15 is 0 Å². The van der Waals surface area contributed by atoms with Crippen LogP contribution in [0.25, 0.3) is 11.1 Å². The van der Waals surface area contributed by atoms with E-state index in [0.29, 0.717) is 12.4 Å². The molecule has 0 spiro atoms. The standard InChI is InChI=1S/C14H12Cl2F2N4OS/c15-9-8(4-7(19)12(17)18)23-11-10(9)21-14(16)22-13(11)20-5-6-2-1-3-24-6/h1-3,7,12H,4-5,19H2,(H,20,21,22)/t7-/m1/s1. The van der Waals surface area contributed by atoms with Crippen LogP contribution < -0.4 is 11.1 Å². The Morgan fingerprint density at radius 2 is 2.12 bits per heavy atom. The SMILES string of the molecule is N[C@H](Cc1oc2c(NCc3cccs3)nc(Cl)nc2c1Cl)C(F)F. The smallest absolute Gasteiger partial charge is 0.253 e. The van der Waals surface area contributed by atoms with Crippen molar-refractivity contribution in [1.29, 1.82) is 0 Å². The second kappa shape index (κ2) is 7.18. The fraction of sp³-hybridized carbons (Fsp3) is 0.286. The molecule has 0 amide bonds. The highest BCUT2D eigenvalue weighted by atomic mass is 35.5. The van der Waals surface area contributed by atoms with Crippen LogP contribution in [-0.2, 0) is 13.0 Å². The fourth-order valence-corrected chi connectivity index (χ4v) is 3.16. The summed E-state index contributed by atoms with van der Waals surface area (Å²) in [5.74, 6) is 0.479. The molecule has 0 aliphatic rings. The minimum atomic E-state index is -2.68. The molecule has 3 rings (SSSR count). The first-order valence-corrected chi connectivity index (χ1v) is 8.53. The third kappa shape index (κ3) is 3.61. The normalized spacial score (nSPS) is 12.9. The molecular weight excluding hydrogens is 381 g/mol. The molecule has 1 atom stereocenters. The van der Waals surface area contributed by atoms with Gasteiger partial charge in [0.1, 0.15) is 16.3 Å². The minimum Gasteiger partial charge on any atom is -0.454 e. The van der Waals surface area contributed by atoms with Crippen LogP contribution in [0.5, 0.6) is 0 Å². The Hall–Kier alpha value is -1.48. The molecule has 0 radical (unpaired) electrons. The molecule has 24 heavy (non-hydrogen) atoms. The largest absolute Gasteiger partial charge is 0.454 e. The Balaban J connectivity index is 1.94. The van der Waals surface area contributed by atoms with Crippen molar-refractivity contribution in [2.45, 2.75) is 25.4 Å². The van der Waals surface area contributed by atoms with Crippen LogP contribution in [0.15, 0.2) is 21.9 Å². The summed E-state index contributed by atoms with van der Waals surface area (Å²) in [6, 6.07) is 2.51. The molecule has 0 bridgehead atoms. The van der Waals surface area contributed by atoms with E-state index in [0.717, 1.165) is 4.88 Å². The maximum Gasteiger partial charge on any atom is 0.253 e. The van der Waals surface area contributed by atoms with Gasteiger partial charge in [-0.2, -0.15) is 4.98 Å². The van der Waals surface area contributed by atoms with Gasteiger partial charge in [0.25, 0.3) is 6.43 Å². The number of hydrogen-bond donors (Lipinski definition) is 2. The highest BCUT2D eigenvalue weighted by Gasteiger charge is 2.24. The molecule has 0 saturated carbocycles. The third-order valence-corrected chi connectivity index (χ3v) is 4.71. The van der Waals surface area contributed by atoms with Crippen LogP contribution in [0.3, 0.4) is 0 Å². The summed E-state index contributed by atoms with van der Waals surface area (Å²) in [5, 5.41) is 5.13. The number of thiophene rings is 1. The van der Waals surface area contributed by atoms with Gasteiger partial charge >= 0.3 is 0 Å². The van der Waals surface area contributed by atoms with Gasteiger partial charge in [0, 0.05) is 11.3 Å².